The molecule has 0 N–H and O–H groups in total. The Morgan fingerprint density at radius 1 is 1.06 bits per heavy atom. The number of ether oxygens (including phenoxy) is 2. The first kappa shape index (κ1) is 25.2. The fourth-order valence-corrected chi connectivity index (χ4v) is 4.76. The molecule has 2 heterocycles. The van der Waals surface area contributed by atoms with Gasteiger partial charge in [-0.1, -0.05) is 17.3 Å². The van der Waals surface area contributed by atoms with Crippen LogP contribution in [-0.2, 0) is 11.3 Å². The molecule has 1 unspecified atom stereocenters. The number of rotatable bonds is 7. The Kier molecular flexibility index (Phi) is 6.88. The summed E-state index contributed by atoms with van der Waals surface area (Å²) in [7, 11) is 0. The molecule has 1 aromatic heterocycles. The summed E-state index contributed by atoms with van der Waals surface area (Å²) in [5.41, 5.74) is 1.26. The zero-order chi connectivity index (χ0) is 25.5. The summed E-state index contributed by atoms with van der Waals surface area (Å²) in [5, 5.41) is 4.00. The first-order chi connectivity index (χ1) is 17.1. The summed E-state index contributed by atoms with van der Waals surface area (Å²) in [5.74, 6) is -3.07. The molecule has 3 aromatic rings. The molecule has 0 radical (unpaired) electrons. The molecular formula is C25H22F5IN2O3. The van der Waals surface area contributed by atoms with Crippen LogP contribution in [0.15, 0.2) is 53.1 Å². The molecule has 5 rings (SSSR count). The van der Waals surface area contributed by atoms with Crippen molar-refractivity contribution in [3.05, 3.63) is 63.4 Å². The van der Waals surface area contributed by atoms with Crippen molar-refractivity contribution in [1.82, 2.24) is 5.16 Å². The van der Waals surface area contributed by atoms with Gasteiger partial charge in [0, 0.05) is 32.8 Å². The van der Waals surface area contributed by atoms with Gasteiger partial charge in [0.25, 0.3) is 5.92 Å². The Morgan fingerprint density at radius 3 is 2.44 bits per heavy atom. The Morgan fingerprint density at radius 2 is 1.78 bits per heavy atom. The van der Waals surface area contributed by atoms with Crippen LogP contribution in [0.4, 0.5) is 27.6 Å². The number of benzene rings is 2. The zero-order valence-corrected chi connectivity index (χ0v) is 21.1. The van der Waals surface area contributed by atoms with Crippen molar-refractivity contribution in [3.8, 4) is 17.0 Å². The number of hydrogen-bond acceptors (Lipinski definition) is 5. The molecule has 0 bridgehead atoms. The number of alkyl halides is 5. The van der Waals surface area contributed by atoms with Crippen LogP contribution in [0, 0.1) is 3.57 Å². The lowest BCUT2D eigenvalue weighted by Crippen LogP contribution is -2.52. The highest BCUT2D eigenvalue weighted by molar-refractivity contribution is 14.1. The molecule has 5 nitrogen and oxygen atoms in total. The van der Waals surface area contributed by atoms with Gasteiger partial charge < -0.3 is 18.9 Å². The Balaban J connectivity index is 1.36. The smallest absolute Gasteiger partial charge is 0.405 e. The van der Waals surface area contributed by atoms with E-state index in [1.54, 1.807) is 11.0 Å². The standard InChI is InChI=1S/C25H22F5IN2O3/c26-24(27)14-33(17-9-7-16(31)8-10-17)12-11-21(24)34-13-19-22(32-36-23(19)15-5-6-15)18-3-1-2-4-20(18)35-25(28,29)30/h1-4,7-10,15,21H,5-6,11-14H2. The lowest BCUT2D eigenvalue weighted by Gasteiger charge is -2.39. The van der Waals surface area contributed by atoms with Crippen molar-refractivity contribution in [1.29, 1.82) is 0 Å². The molecular weight excluding hydrogens is 598 g/mol. The van der Waals surface area contributed by atoms with Gasteiger partial charge in [0.1, 0.15) is 23.3 Å². The predicted octanol–water partition coefficient (Wildman–Crippen LogP) is 7.15. The predicted molar refractivity (Wildman–Crippen MR) is 130 cm³/mol. The molecule has 1 aliphatic carbocycles. The first-order valence-electron chi connectivity index (χ1n) is 11.4. The number of anilines is 1. The molecule has 2 aromatic carbocycles. The molecule has 1 atom stereocenters. The molecule has 1 saturated heterocycles. The number of aromatic nitrogens is 1. The van der Waals surface area contributed by atoms with Crippen molar-refractivity contribution in [3.63, 3.8) is 0 Å². The van der Waals surface area contributed by atoms with Crippen LogP contribution in [-0.4, -0.2) is 36.6 Å². The van der Waals surface area contributed by atoms with Crippen LogP contribution in [0.1, 0.15) is 36.5 Å². The maximum Gasteiger partial charge on any atom is 0.573 e. The average Bonchev–Trinajstić information content (AvgIpc) is 3.57. The maximum atomic E-state index is 15.1. The normalized spacial score (nSPS) is 19.9. The van der Waals surface area contributed by atoms with Gasteiger partial charge in [0.15, 0.2) is 0 Å². The number of hydrogen-bond donors (Lipinski definition) is 0. The number of para-hydroxylation sites is 1. The number of nitrogens with zero attached hydrogens (tertiary/aromatic N) is 2. The highest BCUT2D eigenvalue weighted by atomic mass is 127. The molecule has 1 saturated carbocycles. The van der Waals surface area contributed by atoms with Crippen molar-refractivity contribution in [2.24, 2.45) is 0 Å². The quantitative estimate of drug-likeness (QED) is 0.208. The fraction of sp³-hybridized carbons (Fsp3) is 0.400. The van der Waals surface area contributed by atoms with Gasteiger partial charge in [-0.25, -0.2) is 8.78 Å². The van der Waals surface area contributed by atoms with Gasteiger partial charge >= 0.3 is 6.36 Å². The van der Waals surface area contributed by atoms with E-state index < -0.39 is 30.7 Å². The molecule has 11 heteroatoms. The second-order valence-corrected chi connectivity index (χ2v) is 10.2. The highest BCUT2D eigenvalue weighted by Crippen LogP contribution is 2.46. The number of piperidine rings is 1. The summed E-state index contributed by atoms with van der Waals surface area (Å²) >= 11 is 2.16. The average molecular weight is 620 g/mol. The minimum Gasteiger partial charge on any atom is -0.405 e. The van der Waals surface area contributed by atoms with Crippen molar-refractivity contribution in [2.45, 2.75) is 50.2 Å². The van der Waals surface area contributed by atoms with Crippen LogP contribution >= 0.6 is 22.6 Å². The third-order valence-electron chi connectivity index (χ3n) is 6.29. The molecule has 2 aliphatic rings. The lowest BCUT2D eigenvalue weighted by molar-refractivity contribution is -0.274. The van der Waals surface area contributed by atoms with Gasteiger partial charge in [-0.3, -0.25) is 0 Å². The molecule has 0 amide bonds. The largest absolute Gasteiger partial charge is 0.573 e. The fourth-order valence-electron chi connectivity index (χ4n) is 4.40. The maximum absolute atomic E-state index is 15.1. The van der Waals surface area contributed by atoms with E-state index in [0.29, 0.717) is 23.6 Å². The van der Waals surface area contributed by atoms with Crippen LogP contribution in [0.5, 0.6) is 5.75 Å². The topological polar surface area (TPSA) is 47.7 Å². The summed E-state index contributed by atoms with van der Waals surface area (Å²) in [6, 6.07) is 12.9. The minimum atomic E-state index is -4.90. The van der Waals surface area contributed by atoms with Gasteiger partial charge in [0.05, 0.1) is 13.2 Å². The summed E-state index contributed by atoms with van der Waals surface area (Å²) in [6.07, 6.45) is -4.51. The van der Waals surface area contributed by atoms with E-state index in [-0.39, 0.29) is 30.2 Å². The van der Waals surface area contributed by atoms with Crippen LogP contribution in [0.25, 0.3) is 11.3 Å². The van der Waals surface area contributed by atoms with E-state index >= 15 is 8.78 Å². The SMILES string of the molecule is FC(F)(F)Oc1ccccc1-c1noc(C2CC2)c1COC1CCN(c2ccc(I)cc2)CC1(F)F. The Labute approximate surface area is 217 Å². The summed E-state index contributed by atoms with van der Waals surface area (Å²) in [4.78, 5) is 1.63. The van der Waals surface area contributed by atoms with Gasteiger partial charge in [-0.2, -0.15) is 0 Å². The lowest BCUT2D eigenvalue weighted by atomic mass is 10.0. The molecule has 0 spiro atoms. The van der Waals surface area contributed by atoms with E-state index in [2.05, 4.69) is 32.5 Å². The van der Waals surface area contributed by atoms with Crippen LogP contribution in [0.2, 0.25) is 0 Å². The third kappa shape index (κ3) is 5.61. The van der Waals surface area contributed by atoms with E-state index in [1.165, 1.54) is 18.2 Å². The van der Waals surface area contributed by atoms with Gasteiger partial charge in [-0.15, -0.1) is 13.2 Å². The Hall–Kier alpha value is -2.41. The Bertz CT molecular complexity index is 1210. The second-order valence-electron chi connectivity index (χ2n) is 8.94. The van der Waals surface area contributed by atoms with E-state index in [9.17, 15) is 13.2 Å². The van der Waals surface area contributed by atoms with Gasteiger partial charge in [-0.05, 0) is 78.3 Å². The van der Waals surface area contributed by atoms with E-state index in [4.69, 9.17) is 9.26 Å². The van der Waals surface area contributed by atoms with Crippen molar-refractivity contribution >= 4 is 28.3 Å². The second kappa shape index (κ2) is 9.81. The summed E-state index contributed by atoms with van der Waals surface area (Å²) < 4.78 is 85.4. The van der Waals surface area contributed by atoms with Crippen LogP contribution < -0.4 is 9.64 Å². The molecule has 192 valence electrons. The molecule has 2 fully saturated rings. The van der Waals surface area contributed by atoms with E-state index in [1.807, 2.05) is 24.3 Å². The zero-order valence-electron chi connectivity index (χ0n) is 18.9. The minimum absolute atomic E-state index is 0.0452. The first-order valence-corrected chi connectivity index (χ1v) is 12.5. The molecule has 1 aliphatic heterocycles. The van der Waals surface area contributed by atoms with Crippen molar-refractivity contribution in [2.75, 3.05) is 18.0 Å². The summed E-state index contributed by atoms with van der Waals surface area (Å²) in [6.45, 7) is -0.365. The van der Waals surface area contributed by atoms with E-state index in [0.717, 1.165) is 16.4 Å². The van der Waals surface area contributed by atoms with Crippen LogP contribution in [0.3, 0.4) is 0 Å². The van der Waals surface area contributed by atoms with Gasteiger partial charge in [0.2, 0.25) is 0 Å². The monoisotopic (exact) mass is 620 g/mol. The third-order valence-corrected chi connectivity index (χ3v) is 7.01. The van der Waals surface area contributed by atoms with Crippen molar-refractivity contribution < 1.29 is 35.9 Å². The molecule has 36 heavy (non-hydrogen) atoms. The number of halogens is 6. The highest BCUT2D eigenvalue weighted by Gasteiger charge is 2.46.